The number of piperazine rings is 1. The van der Waals surface area contributed by atoms with Crippen LogP contribution < -0.4 is 10.6 Å². The summed E-state index contributed by atoms with van der Waals surface area (Å²) in [6, 6.07) is 4.56. The molecule has 26 heavy (non-hydrogen) atoms. The Kier molecular flexibility index (Phi) is 5.51. The summed E-state index contributed by atoms with van der Waals surface area (Å²) < 4.78 is 13.6. The van der Waals surface area contributed by atoms with Crippen LogP contribution in [0, 0.1) is 5.82 Å². The highest BCUT2D eigenvalue weighted by Gasteiger charge is 2.34. The number of hydrogen-bond donors (Lipinski definition) is 2. The molecule has 2 N–H and O–H groups in total. The van der Waals surface area contributed by atoms with Gasteiger partial charge in [-0.25, -0.2) is 14.2 Å². The summed E-state index contributed by atoms with van der Waals surface area (Å²) in [5.41, 5.74) is 1.24. The molecule has 0 saturated carbocycles. The molecule has 0 aliphatic carbocycles. The number of aromatic nitrogens is 1. The summed E-state index contributed by atoms with van der Waals surface area (Å²) in [6.07, 6.45) is 0. The van der Waals surface area contributed by atoms with Crippen LogP contribution in [0.25, 0.3) is 0 Å². The number of amides is 3. The van der Waals surface area contributed by atoms with E-state index in [0.717, 1.165) is 10.7 Å². The first-order valence-electron chi connectivity index (χ1n) is 8.47. The summed E-state index contributed by atoms with van der Waals surface area (Å²) in [5.74, 6) is -0.412. The van der Waals surface area contributed by atoms with Gasteiger partial charge < -0.3 is 15.5 Å². The summed E-state index contributed by atoms with van der Waals surface area (Å²) >= 11 is 1.56. The lowest BCUT2D eigenvalue weighted by atomic mass is 10.0. The fraction of sp³-hybridized carbons (Fsp3) is 0.389. The van der Waals surface area contributed by atoms with E-state index in [-0.39, 0.29) is 18.5 Å². The van der Waals surface area contributed by atoms with Crippen LogP contribution in [0.4, 0.5) is 9.18 Å². The second kappa shape index (κ2) is 7.82. The fourth-order valence-electron chi connectivity index (χ4n) is 2.83. The largest absolute Gasteiger partial charge is 0.352 e. The Morgan fingerprint density at radius 2 is 2.31 bits per heavy atom. The molecule has 0 bridgehead atoms. The minimum absolute atomic E-state index is 0.288. The van der Waals surface area contributed by atoms with Gasteiger partial charge in [0.1, 0.15) is 11.9 Å². The Morgan fingerprint density at radius 1 is 1.50 bits per heavy atom. The van der Waals surface area contributed by atoms with Gasteiger partial charge in [0.25, 0.3) is 0 Å². The zero-order valence-electron chi connectivity index (χ0n) is 14.7. The Labute approximate surface area is 155 Å². The second-order valence-electron chi connectivity index (χ2n) is 6.43. The molecule has 6 nitrogen and oxygen atoms in total. The molecule has 2 heterocycles. The molecule has 1 fully saturated rings. The molecule has 138 valence electrons. The molecule has 3 rings (SSSR count). The zero-order chi connectivity index (χ0) is 18.7. The Balaban J connectivity index is 1.72. The Bertz CT molecular complexity index is 808. The third kappa shape index (κ3) is 4.01. The van der Waals surface area contributed by atoms with Gasteiger partial charge in [-0.3, -0.25) is 4.79 Å². The van der Waals surface area contributed by atoms with E-state index in [2.05, 4.69) is 29.5 Å². The van der Waals surface area contributed by atoms with E-state index < -0.39 is 11.9 Å². The number of rotatable bonds is 4. The van der Waals surface area contributed by atoms with Crippen LogP contribution in [0.2, 0.25) is 0 Å². The molecule has 1 aliphatic heterocycles. The van der Waals surface area contributed by atoms with Crippen LogP contribution in [0.1, 0.15) is 42.1 Å². The van der Waals surface area contributed by atoms with Crippen molar-refractivity contribution in [1.29, 1.82) is 0 Å². The third-order valence-corrected chi connectivity index (χ3v) is 5.32. The van der Waals surface area contributed by atoms with E-state index in [1.165, 1.54) is 23.1 Å². The van der Waals surface area contributed by atoms with Crippen LogP contribution in [-0.4, -0.2) is 34.9 Å². The number of carbonyl (C=O) groups excluding carboxylic acids is 2. The van der Waals surface area contributed by atoms with Crippen molar-refractivity contribution in [2.24, 2.45) is 0 Å². The highest BCUT2D eigenvalue weighted by molar-refractivity contribution is 7.09. The number of urea groups is 1. The molecular formula is C18H21FN4O2S. The third-order valence-electron chi connectivity index (χ3n) is 4.12. The average molecular weight is 376 g/mol. The molecule has 1 aromatic carbocycles. The van der Waals surface area contributed by atoms with Gasteiger partial charge in [-0.05, 0) is 17.7 Å². The number of carbonyl (C=O) groups is 2. The van der Waals surface area contributed by atoms with Crippen molar-refractivity contribution in [2.45, 2.75) is 32.4 Å². The average Bonchev–Trinajstić information content (AvgIpc) is 3.09. The molecule has 0 radical (unpaired) electrons. The van der Waals surface area contributed by atoms with E-state index in [1.807, 2.05) is 5.38 Å². The van der Waals surface area contributed by atoms with Gasteiger partial charge in [-0.1, -0.05) is 26.0 Å². The molecule has 2 aromatic rings. The van der Waals surface area contributed by atoms with Crippen molar-refractivity contribution < 1.29 is 14.0 Å². The number of nitrogens with one attached hydrogen (secondary N) is 2. The van der Waals surface area contributed by atoms with Crippen LogP contribution in [0.3, 0.4) is 0 Å². The Hall–Kier alpha value is -2.48. The topological polar surface area (TPSA) is 74.3 Å². The smallest absolute Gasteiger partial charge is 0.318 e. The molecule has 1 atom stereocenters. The van der Waals surface area contributed by atoms with Crippen LogP contribution in [-0.2, 0) is 11.3 Å². The monoisotopic (exact) mass is 376 g/mol. The number of benzene rings is 1. The Morgan fingerprint density at radius 3 is 3.00 bits per heavy atom. The van der Waals surface area contributed by atoms with Gasteiger partial charge >= 0.3 is 6.03 Å². The van der Waals surface area contributed by atoms with E-state index in [0.29, 0.717) is 24.6 Å². The molecule has 1 saturated heterocycles. The number of hydrogen-bond acceptors (Lipinski definition) is 4. The minimum atomic E-state index is -0.846. The quantitative estimate of drug-likeness (QED) is 0.862. The molecule has 3 amide bonds. The van der Waals surface area contributed by atoms with Crippen molar-refractivity contribution in [3.63, 3.8) is 0 Å². The molecule has 8 heteroatoms. The fourth-order valence-corrected chi connectivity index (χ4v) is 3.67. The van der Waals surface area contributed by atoms with Gasteiger partial charge in [0.15, 0.2) is 0 Å². The van der Waals surface area contributed by atoms with Crippen LogP contribution >= 0.6 is 11.3 Å². The van der Waals surface area contributed by atoms with Crippen molar-refractivity contribution in [1.82, 2.24) is 20.5 Å². The zero-order valence-corrected chi connectivity index (χ0v) is 15.5. The van der Waals surface area contributed by atoms with E-state index >= 15 is 0 Å². The maximum Gasteiger partial charge on any atom is 0.318 e. The maximum absolute atomic E-state index is 13.6. The molecule has 1 aliphatic rings. The minimum Gasteiger partial charge on any atom is -0.352 e. The lowest BCUT2D eigenvalue weighted by Crippen LogP contribution is -2.54. The van der Waals surface area contributed by atoms with Crippen molar-refractivity contribution in [2.75, 3.05) is 13.1 Å². The lowest BCUT2D eigenvalue weighted by molar-refractivity contribution is -0.127. The second-order valence-corrected chi connectivity index (χ2v) is 7.32. The van der Waals surface area contributed by atoms with Gasteiger partial charge in [0, 0.05) is 24.4 Å². The summed E-state index contributed by atoms with van der Waals surface area (Å²) in [6.45, 7) is 5.14. The van der Waals surface area contributed by atoms with Crippen molar-refractivity contribution in [3.8, 4) is 0 Å². The molecule has 1 aromatic heterocycles. The highest BCUT2D eigenvalue weighted by atomic mass is 32.1. The first-order chi connectivity index (χ1) is 12.5. The predicted octanol–water partition coefficient (Wildman–Crippen LogP) is 2.79. The molecule has 0 unspecified atom stereocenters. The van der Waals surface area contributed by atoms with Gasteiger partial charge in [0.2, 0.25) is 5.91 Å². The number of nitrogens with zero attached hydrogens (tertiary/aromatic N) is 2. The number of halogens is 1. The SMILES string of the molecule is CC(C)c1nc(CNC(=O)N2CCNC(=O)[C@@H]2c2cccc(F)c2)cs1. The maximum atomic E-state index is 13.6. The van der Waals surface area contributed by atoms with Crippen LogP contribution in [0.15, 0.2) is 29.6 Å². The standard InChI is InChI=1S/C18H21FN4O2S/c1-11(2)17-22-14(10-26-17)9-21-18(25)23-7-6-20-16(24)15(23)12-4-3-5-13(19)8-12/h3-5,8,10-11,15H,6-7,9H2,1-2H3,(H,20,24)(H,21,25)/t15-/m0/s1. The number of thiazole rings is 1. The first-order valence-corrected chi connectivity index (χ1v) is 9.35. The summed E-state index contributed by atoms with van der Waals surface area (Å²) in [4.78, 5) is 30.9. The van der Waals surface area contributed by atoms with Crippen molar-refractivity contribution in [3.05, 3.63) is 51.7 Å². The van der Waals surface area contributed by atoms with E-state index in [1.54, 1.807) is 17.4 Å². The van der Waals surface area contributed by atoms with E-state index in [4.69, 9.17) is 0 Å². The van der Waals surface area contributed by atoms with Gasteiger partial charge in [-0.2, -0.15) is 0 Å². The summed E-state index contributed by atoms with van der Waals surface area (Å²) in [7, 11) is 0. The molecule has 0 spiro atoms. The van der Waals surface area contributed by atoms with Gasteiger partial charge in [-0.15, -0.1) is 11.3 Å². The van der Waals surface area contributed by atoms with Gasteiger partial charge in [0.05, 0.1) is 17.2 Å². The first kappa shape index (κ1) is 18.3. The summed E-state index contributed by atoms with van der Waals surface area (Å²) in [5, 5.41) is 8.48. The highest BCUT2D eigenvalue weighted by Crippen LogP contribution is 2.24. The predicted molar refractivity (Wildman–Crippen MR) is 97.3 cm³/mol. The van der Waals surface area contributed by atoms with Crippen molar-refractivity contribution >= 4 is 23.3 Å². The normalized spacial score (nSPS) is 17.3. The lowest BCUT2D eigenvalue weighted by Gasteiger charge is -2.35. The van der Waals surface area contributed by atoms with E-state index in [9.17, 15) is 14.0 Å². The van der Waals surface area contributed by atoms with Crippen LogP contribution in [0.5, 0.6) is 0 Å². The molecular weight excluding hydrogens is 355 g/mol.